The number of nitrogen functional groups attached to an aromatic ring is 1. The number of thiazole rings is 1. The maximum atomic E-state index is 12.9. The molecule has 0 spiro atoms. The molecular formula is C21H16FN3OS. The first-order valence-electron chi connectivity index (χ1n) is 8.38. The van der Waals surface area contributed by atoms with Crippen molar-refractivity contribution in [2.75, 3.05) is 11.1 Å². The van der Waals surface area contributed by atoms with E-state index >= 15 is 0 Å². The number of hydrogen-bond donors (Lipinski definition) is 2. The van der Waals surface area contributed by atoms with Gasteiger partial charge in [0.25, 0.3) is 0 Å². The second-order valence-electron chi connectivity index (χ2n) is 6.16. The van der Waals surface area contributed by atoms with Gasteiger partial charge in [0, 0.05) is 5.69 Å². The van der Waals surface area contributed by atoms with Crippen LogP contribution in [0.1, 0.15) is 5.56 Å². The molecule has 0 saturated heterocycles. The molecule has 1 heterocycles. The third-order valence-corrected chi connectivity index (χ3v) is 5.03. The Morgan fingerprint density at radius 3 is 2.44 bits per heavy atom. The Hall–Kier alpha value is -3.25. The Morgan fingerprint density at radius 1 is 1.00 bits per heavy atom. The summed E-state index contributed by atoms with van der Waals surface area (Å²) >= 11 is 1.46. The number of amides is 1. The number of nitrogens with two attached hydrogens (primary N) is 1. The summed E-state index contributed by atoms with van der Waals surface area (Å²) in [6.45, 7) is 0. The predicted molar refractivity (Wildman–Crippen MR) is 108 cm³/mol. The Kier molecular flexibility index (Phi) is 4.56. The van der Waals surface area contributed by atoms with Crippen LogP contribution in [0.4, 0.5) is 15.2 Å². The minimum absolute atomic E-state index is 0.143. The first-order valence-corrected chi connectivity index (χ1v) is 9.19. The molecule has 0 atom stereocenters. The van der Waals surface area contributed by atoms with Crippen LogP contribution in [0.3, 0.4) is 0 Å². The summed E-state index contributed by atoms with van der Waals surface area (Å²) in [5, 5.41) is 3.42. The van der Waals surface area contributed by atoms with Crippen molar-refractivity contribution < 1.29 is 9.18 Å². The summed E-state index contributed by atoms with van der Waals surface area (Å²) in [7, 11) is 0. The van der Waals surface area contributed by atoms with Crippen molar-refractivity contribution in [3.05, 3.63) is 78.1 Å². The topological polar surface area (TPSA) is 68.0 Å². The minimum Gasteiger partial charge on any atom is -0.375 e. The average molecular weight is 377 g/mol. The van der Waals surface area contributed by atoms with Crippen LogP contribution in [0, 0.1) is 5.82 Å². The summed E-state index contributed by atoms with van der Waals surface area (Å²) in [4.78, 5) is 16.4. The van der Waals surface area contributed by atoms with Gasteiger partial charge in [-0.05, 0) is 53.1 Å². The molecule has 1 aromatic heterocycles. The Labute approximate surface area is 159 Å². The molecule has 4 rings (SSSR count). The monoisotopic (exact) mass is 377 g/mol. The van der Waals surface area contributed by atoms with Gasteiger partial charge >= 0.3 is 0 Å². The van der Waals surface area contributed by atoms with Crippen molar-refractivity contribution in [3.8, 4) is 11.1 Å². The fraction of sp³-hybridized carbons (Fsp3) is 0.0476. The predicted octanol–water partition coefficient (Wildman–Crippen LogP) is 4.87. The standard InChI is InChI=1S/C21H16FN3OS/c22-16-6-1-13(2-7-16)11-20(26)24-17-8-3-14(4-9-17)15-5-10-18-19(12-15)27-21(23)25-18/h1-10,12H,11H2,(H2,23,25)(H,24,26). The summed E-state index contributed by atoms with van der Waals surface area (Å²) in [5.74, 6) is -0.454. The third-order valence-electron chi connectivity index (χ3n) is 4.18. The number of anilines is 2. The number of halogens is 1. The van der Waals surface area contributed by atoms with E-state index in [0.29, 0.717) is 10.8 Å². The molecule has 6 heteroatoms. The zero-order valence-electron chi connectivity index (χ0n) is 14.3. The van der Waals surface area contributed by atoms with Gasteiger partial charge in [0.2, 0.25) is 5.91 Å². The number of aromatic nitrogens is 1. The van der Waals surface area contributed by atoms with Crippen LogP contribution < -0.4 is 11.1 Å². The maximum Gasteiger partial charge on any atom is 0.228 e. The van der Waals surface area contributed by atoms with E-state index in [1.165, 1.54) is 23.5 Å². The smallest absolute Gasteiger partial charge is 0.228 e. The number of benzene rings is 3. The Morgan fingerprint density at radius 2 is 1.70 bits per heavy atom. The van der Waals surface area contributed by atoms with Crippen LogP contribution >= 0.6 is 11.3 Å². The molecule has 1 amide bonds. The zero-order chi connectivity index (χ0) is 18.8. The largest absolute Gasteiger partial charge is 0.375 e. The number of carbonyl (C=O) groups is 1. The van der Waals surface area contributed by atoms with Crippen LogP contribution in [0.2, 0.25) is 0 Å². The molecule has 0 aliphatic carbocycles. The van der Waals surface area contributed by atoms with E-state index in [-0.39, 0.29) is 18.1 Å². The lowest BCUT2D eigenvalue weighted by Gasteiger charge is -2.07. The molecule has 3 aromatic carbocycles. The normalized spacial score (nSPS) is 10.9. The molecule has 0 bridgehead atoms. The molecule has 4 aromatic rings. The molecule has 4 nitrogen and oxygen atoms in total. The molecule has 0 unspecified atom stereocenters. The van der Waals surface area contributed by atoms with Gasteiger partial charge in [0.05, 0.1) is 16.6 Å². The SMILES string of the molecule is Nc1nc2ccc(-c3ccc(NC(=O)Cc4ccc(F)cc4)cc3)cc2s1. The summed E-state index contributed by atoms with van der Waals surface area (Å²) in [6.07, 6.45) is 0.200. The summed E-state index contributed by atoms with van der Waals surface area (Å²) < 4.78 is 14.0. The van der Waals surface area contributed by atoms with Crippen LogP contribution in [0.25, 0.3) is 21.3 Å². The molecule has 134 valence electrons. The maximum absolute atomic E-state index is 12.9. The van der Waals surface area contributed by atoms with E-state index in [2.05, 4.69) is 16.4 Å². The quantitative estimate of drug-likeness (QED) is 0.533. The zero-order valence-corrected chi connectivity index (χ0v) is 15.1. The second kappa shape index (κ2) is 7.17. The fourth-order valence-corrected chi connectivity index (χ4v) is 3.63. The molecule has 0 aliphatic heterocycles. The molecule has 0 fully saturated rings. The molecule has 0 saturated carbocycles. The lowest BCUT2D eigenvalue weighted by atomic mass is 10.1. The number of nitrogens with zero attached hydrogens (tertiary/aromatic N) is 1. The van der Waals surface area contributed by atoms with Gasteiger partial charge in [-0.25, -0.2) is 9.37 Å². The number of carbonyl (C=O) groups excluding carboxylic acids is 1. The summed E-state index contributed by atoms with van der Waals surface area (Å²) in [5.41, 5.74) is 10.2. The highest BCUT2D eigenvalue weighted by atomic mass is 32.1. The van der Waals surface area contributed by atoms with E-state index in [1.54, 1.807) is 12.1 Å². The lowest BCUT2D eigenvalue weighted by Crippen LogP contribution is -2.14. The lowest BCUT2D eigenvalue weighted by molar-refractivity contribution is -0.115. The number of nitrogens with one attached hydrogen (secondary N) is 1. The van der Waals surface area contributed by atoms with Gasteiger partial charge in [-0.2, -0.15) is 0 Å². The van der Waals surface area contributed by atoms with Gasteiger partial charge < -0.3 is 11.1 Å². The molecule has 27 heavy (non-hydrogen) atoms. The van der Waals surface area contributed by atoms with Crippen LogP contribution in [-0.2, 0) is 11.2 Å². The highest BCUT2D eigenvalue weighted by Gasteiger charge is 2.07. The Balaban J connectivity index is 1.46. The highest BCUT2D eigenvalue weighted by molar-refractivity contribution is 7.22. The van der Waals surface area contributed by atoms with E-state index in [9.17, 15) is 9.18 Å². The van der Waals surface area contributed by atoms with E-state index in [4.69, 9.17) is 5.73 Å². The van der Waals surface area contributed by atoms with Gasteiger partial charge in [-0.15, -0.1) is 0 Å². The van der Waals surface area contributed by atoms with Gasteiger partial charge in [0.1, 0.15) is 5.82 Å². The van der Waals surface area contributed by atoms with Crippen molar-refractivity contribution in [2.45, 2.75) is 6.42 Å². The van der Waals surface area contributed by atoms with Crippen molar-refractivity contribution >= 4 is 38.3 Å². The Bertz CT molecular complexity index is 1100. The van der Waals surface area contributed by atoms with Gasteiger partial charge in [-0.1, -0.05) is 41.7 Å². The van der Waals surface area contributed by atoms with Crippen LogP contribution in [0.5, 0.6) is 0 Å². The van der Waals surface area contributed by atoms with Gasteiger partial charge in [0.15, 0.2) is 5.13 Å². The fourth-order valence-electron chi connectivity index (χ4n) is 2.86. The van der Waals surface area contributed by atoms with E-state index < -0.39 is 0 Å². The van der Waals surface area contributed by atoms with Crippen molar-refractivity contribution in [2.24, 2.45) is 0 Å². The van der Waals surface area contributed by atoms with E-state index in [1.807, 2.05) is 36.4 Å². The van der Waals surface area contributed by atoms with E-state index in [0.717, 1.165) is 26.9 Å². The number of rotatable bonds is 4. The van der Waals surface area contributed by atoms with Crippen LogP contribution in [-0.4, -0.2) is 10.9 Å². The molecule has 0 aliphatic rings. The third kappa shape index (κ3) is 3.96. The van der Waals surface area contributed by atoms with Crippen molar-refractivity contribution in [1.29, 1.82) is 0 Å². The first-order chi connectivity index (χ1) is 13.1. The van der Waals surface area contributed by atoms with Crippen LogP contribution in [0.15, 0.2) is 66.7 Å². The highest BCUT2D eigenvalue weighted by Crippen LogP contribution is 2.29. The minimum atomic E-state index is -0.311. The van der Waals surface area contributed by atoms with Gasteiger partial charge in [-0.3, -0.25) is 4.79 Å². The number of fused-ring (bicyclic) bond motifs is 1. The molecule has 0 radical (unpaired) electrons. The number of hydrogen-bond acceptors (Lipinski definition) is 4. The molecular weight excluding hydrogens is 361 g/mol. The molecule has 3 N–H and O–H groups in total. The summed E-state index contributed by atoms with van der Waals surface area (Å²) in [6, 6.07) is 19.6. The van der Waals surface area contributed by atoms with Crippen molar-refractivity contribution in [1.82, 2.24) is 4.98 Å². The second-order valence-corrected chi connectivity index (χ2v) is 7.23. The van der Waals surface area contributed by atoms with Crippen molar-refractivity contribution in [3.63, 3.8) is 0 Å². The first kappa shape index (κ1) is 17.2. The average Bonchev–Trinajstić information content (AvgIpc) is 3.03.